The Bertz CT molecular complexity index is 656. The molecular formula is C15H14ClNO3. The lowest BCUT2D eigenvalue weighted by Gasteiger charge is -2.11. The number of amides is 1. The molecule has 2 N–H and O–H groups in total. The molecule has 0 atom stereocenters. The number of ether oxygens (including phenoxy) is 1. The van der Waals surface area contributed by atoms with Crippen LogP contribution in [0.5, 0.6) is 11.5 Å². The maximum Gasteiger partial charge on any atom is 0.255 e. The number of nitrogens with one attached hydrogen (secondary N) is 1. The minimum absolute atomic E-state index is 0.0589. The molecule has 5 heteroatoms. The monoisotopic (exact) mass is 291 g/mol. The summed E-state index contributed by atoms with van der Waals surface area (Å²) in [6.07, 6.45) is 0. The number of aromatic hydroxyl groups is 1. The summed E-state index contributed by atoms with van der Waals surface area (Å²) in [5, 5.41) is 12.2. The van der Waals surface area contributed by atoms with Crippen molar-refractivity contribution in [3.63, 3.8) is 0 Å². The summed E-state index contributed by atoms with van der Waals surface area (Å²) in [7, 11) is 1.54. The molecule has 1 amide bonds. The van der Waals surface area contributed by atoms with E-state index in [2.05, 4.69) is 5.32 Å². The Labute approximate surface area is 122 Å². The highest BCUT2D eigenvalue weighted by atomic mass is 35.5. The first kappa shape index (κ1) is 14.2. The van der Waals surface area contributed by atoms with E-state index in [0.717, 1.165) is 5.56 Å². The van der Waals surface area contributed by atoms with Gasteiger partial charge in [0.2, 0.25) is 0 Å². The molecule has 2 rings (SSSR count). The minimum atomic E-state index is -0.323. The largest absolute Gasteiger partial charge is 0.506 e. The average Bonchev–Trinajstić information content (AvgIpc) is 2.42. The molecule has 0 aliphatic rings. The summed E-state index contributed by atoms with van der Waals surface area (Å²) in [5.74, 6) is 0.195. The number of phenols is 1. The molecule has 0 aliphatic carbocycles. The maximum absolute atomic E-state index is 12.2. The van der Waals surface area contributed by atoms with E-state index >= 15 is 0 Å². The van der Waals surface area contributed by atoms with Gasteiger partial charge in [0.05, 0.1) is 17.8 Å². The zero-order valence-electron chi connectivity index (χ0n) is 11.1. The van der Waals surface area contributed by atoms with E-state index in [0.29, 0.717) is 17.0 Å². The van der Waals surface area contributed by atoms with E-state index < -0.39 is 0 Å². The number of hydrogen-bond donors (Lipinski definition) is 2. The van der Waals surface area contributed by atoms with Gasteiger partial charge in [0.1, 0.15) is 11.5 Å². The normalized spacial score (nSPS) is 10.2. The Morgan fingerprint density at radius 3 is 2.65 bits per heavy atom. The van der Waals surface area contributed by atoms with Gasteiger partial charge in [-0.3, -0.25) is 4.79 Å². The van der Waals surface area contributed by atoms with Gasteiger partial charge in [-0.2, -0.15) is 0 Å². The molecule has 20 heavy (non-hydrogen) atoms. The Morgan fingerprint density at radius 1 is 1.25 bits per heavy atom. The van der Waals surface area contributed by atoms with Crippen LogP contribution < -0.4 is 10.1 Å². The van der Waals surface area contributed by atoms with Crippen LogP contribution in [-0.2, 0) is 0 Å². The standard InChI is InChI=1S/C15H14ClNO3/c1-9-3-6-14(20-2)12(7-9)17-15(19)10-4-5-13(18)11(16)8-10/h3-8,18H,1-2H3,(H,17,19). The molecule has 0 saturated heterocycles. The summed E-state index contributed by atoms with van der Waals surface area (Å²) in [5.41, 5.74) is 1.95. The Kier molecular flexibility index (Phi) is 4.15. The van der Waals surface area contributed by atoms with Crippen LogP contribution >= 0.6 is 11.6 Å². The van der Waals surface area contributed by atoms with E-state index in [1.54, 1.807) is 6.07 Å². The molecule has 0 bridgehead atoms. The van der Waals surface area contributed by atoms with Gasteiger partial charge in [0.25, 0.3) is 5.91 Å². The molecule has 0 fully saturated rings. The van der Waals surface area contributed by atoms with Crippen molar-refractivity contribution in [2.75, 3.05) is 12.4 Å². The highest BCUT2D eigenvalue weighted by Gasteiger charge is 2.11. The quantitative estimate of drug-likeness (QED) is 0.908. The molecule has 104 valence electrons. The smallest absolute Gasteiger partial charge is 0.255 e. The minimum Gasteiger partial charge on any atom is -0.506 e. The fourth-order valence-corrected chi connectivity index (χ4v) is 1.94. The van der Waals surface area contributed by atoms with Gasteiger partial charge in [-0.1, -0.05) is 17.7 Å². The predicted octanol–water partition coefficient (Wildman–Crippen LogP) is 3.61. The van der Waals surface area contributed by atoms with Crippen molar-refractivity contribution in [1.82, 2.24) is 0 Å². The topological polar surface area (TPSA) is 58.6 Å². The summed E-state index contributed by atoms with van der Waals surface area (Å²) in [6.45, 7) is 1.92. The second-order valence-electron chi connectivity index (χ2n) is 4.32. The van der Waals surface area contributed by atoms with E-state index in [4.69, 9.17) is 16.3 Å². The second-order valence-corrected chi connectivity index (χ2v) is 4.73. The molecule has 2 aromatic rings. The van der Waals surface area contributed by atoms with Crippen LogP contribution in [0, 0.1) is 6.92 Å². The van der Waals surface area contributed by atoms with Gasteiger partial charge in [0, 0.05) is 5.56 Å². The van der Waals surface area contributed by atoms with Gasteiger partial charge >= 0.3 is 0 Å². The third-order valence-electron chi connectivity index (χ3n) is 2.81. The van der Waals surface area contributed by atoms with Crippen molar-refractivity contribution >= 4 is 23.2 Å². The van der Waals surface area contributed by atoms with Crippen molar-refractivity contribution in [2.45, 2.75) is 6.92 Å². The van der Waals surface area contributed by atoms with Gasteiger partial charge in [-0.05, 0) is 42.8 Å². The maximum atomic E-state index is 12.2. The number of anilines is 1. The lowest BCUT2D eigenvalue weighted by molar-refractivity contribution is 0.102. The van der Waals surface area contributed by atoms with Crippen LogP contribution in [0.25, 0.3) is 0 Å². The SMILES string of the molecule is COc1ccc(C)cc1NC(=O)c1ccc(O)c(Cl)c1. The molecule has 0 saturated carbocycles. The van der Waals surface area contributed by atoms with Gasteiger partial charge in [0.15, 0.2) is 0 Å². The molecule has 0 spiro atoms. The van der Waals surface area contributed by atoms with Crippen LogP contribution in [0.15, 0.2) is 36.4 Å². The molecule has 0 aliphatic heterocycles. The first-order valence-electron chi connectivity index (χ1n) is 5.96. The third kappa shape index (κ3) is 3.03. The van der Waals surface area contributed by atoms with Crippen LogP contribution in [-0.4, -0.2) is 18.1 Å². The van der Waals surface area contributed by atoms with E-state index in [9.17, 15) is 9.90 Å². The zero-order valence-corrected chi connectivity index (χ0v) is 11.9. The van der Waals surface area contributed by atoms with E-state index in [-0.39, 0.29) is 16.7 Å². The summed E-state index contributed by atoms with van der Waals surface area (Å²) >= 11 is 5.79. The number of halogens is 1. The first-order chi connectivity index (χ1) is 9.51. The van der Waals surface area contributed by atoms with Gasteiger partial charge in [-0.15, -0.1) is 0 Å². The summed E-state index contributed by atoms with van der Waals surface area (Å²) in [4.78, 5) is 12.2. The number of rotatable bonds is 3. The molecule has 4 nitrogen and oxygen atoms in total. The number of methoxy groups -OCH3 is 1. The molecule has 0 unspecified atom stereocenters. The third-order valence-corrected chi connectivity index (χ3v) is 3.12. The molecule has 0 aromatic heterocycles. The lowest BCUT2D eigenvalue weighted by atomic mass is 10.1. The number of carbonyl (C=O) groups is 1. The fraction of sp³-hybridized carbons (Fsp3) is 0.133. The number of phenolic OH excluding ortho intramolecular Hbond substituents is 1. The van der Waals surface area contributed by atoms with Crippen molar-refractivity contribution in [3.05, 3.63) is 52.5 Å². The van der Waals surface area contributed by atoms with Crippen molar-refractivity contribution in [2.24, 2.45) is 0 Å². The molecule has 0 heterocycles. The Morgan fingerprint density at radius 2 is 2.00 bits per heavy atom. The number of hydrogen-bond acceptors (Lipinski definition) is 3. The Hall–Kier alpha value is -2.20. The van der Waals surface area contributed by atoms with Crippen LogP contribution in [0.4, 0.5) is 5.69 Å². The van der Waals surface area contributed by atoms with Crippen molar-refractivity contribution < 1.29 is 14.6 Å². The molecule has 0 radical (unpaired) electrons. The van der Waals surface area contributed by atoms with Gasteiger partial charge < -0.3 is 15.2 Å². The van der Waals surface area contributed by atoms with E-state index in [1.165, 1.54) is 25.3 Å². The highest BCUT2D eigenvalue weighted by molar-refractivity contribution is 6.32. The second kappa shape index (κ2) is 5.84. The van der Waals surface area contributed by atoms with Crippen LogP contribution in [0.1, 0.15) is 15.9 Å². The number of carbonyl (C=O) groups excluding carboxylic acids is 1. The highest BCUT2D eigenvalue weighted by Crippen LogP contribution is 2.27. The molecule has 2 aromatic carbocycles. The summed E-state index contributed by atoms with van der Waals surface area (Å²) in [6, 6.07) is 9.79. The average molecular weight is 292 g/mol. The zero-order chi connectivity index (χ0) is 14.7. The lowest BCUT2D eigenvalue weighted by Crippen LogP contribution is -2.12. The van der Waals surface area contributed by atoms with Crippen molar-refractivity contribution in [1.29, 1.82) is 0 Å². The molecular weight excluding hydrogens is 278 g/mol. The summed E-state index contributed by atoms with van der Waals surface area (Å²) < 4.78 is 5.20. The first-order valence-corrected chi connectivity index (χ1v) is 6.33. The van der Waals surface area contributed by atoms with Crippen molar-refractivity contribution in [3.8, 4) is 11.5 Å². The Balaban J connectivity index is 2.27. The van der Waals surface area contributed by atoms with Gasteiger partial charge in [-0.25, -0.2) is 0 Å². The van der Waals surface area contributed by atoms with Crippen LogP contribution in [0.2, 0.25) is 5.02 Å². The van der Waals surface area contributed by atoms with E-state index in [1.807, 2.05) is 19.1 Å². The number of aryl methyl sites for hydroxylation is 1. The fourth-order valence-electron chi connectivity index (χ4n) is 1.76. The predicted molar refractivity (Wildman–Crippen MR) is 78.8 cm³/mol. The number of benzene rings is 2. The van der Waals surface area contributed by atoms with Crippen LogP contribution in [0.3, 0.4) is 0 Å².